The minimum absolute atomic E-state index is 0. The third-order valence-electron chi connectivity index (χ3n) is 3.39. The van der Waals surface area contributed by atoms with Gasteiger partial charge in [-0.1, -0.05) is 22.0 Å². The Balaban J connectivity index is 0.00000200. The van der Waals surface area contributed by atoms with Gasteiger partial charge in [0.05, 0.1) is 4.90 Å². The van der Waals surface area contributed by atoms with Crippen LogP contribution in [0, 0.1) is 6.92 Å². The molecule has 1 aromatic carbocycles. The molecule has 0 aliphatic carbocycles. The number of aryl methyl sites for hydroxylation is 1. The smallest absolute Gasteiger partial charge is 0.241 e. The minimum atomic E-state index is -3.44. The van der Waals surface area contributed by atoms with Crippen LogP contribution >= 0.6 is 28.3 Å². The third kappa shape index (κ3) is 4.43. The maximum Gasteiger partial charge on any atom is 0.241 e. The molecule has 1 fully saturated rings. The molecule has 0 saturated carbocycles. The minimum Gasteiger partial charge on any atom is -0.314 e. The monoisotopic (exact) mass is 382 g/mol. The van der Waals surface area contributed by atoms with Gasteiger partial charge in [-0.2, -0.15) is 0 Å². The van der Waals surface area contributed by atoms with Crippen molar-refractivity contribution in [1.82, 2.24) is 10.0 Å². The van der Waals surface area contributed by atoms with Crippen molar-refractivity contribution < 1.29 is 8.42 Å². The van der Waals surface area contributed by atoms with Crippen LogP contribution in [0.4, 0.5) is 0 Å². The lowest BCUT2D eigenvalue weighted by Gasteiger charge is -2.28. The van der Waals surface area contributed by atoms with Crippen molar-refractivity contribution >= 4 is 38.4 Å². The number of hydrogen-bond acceptors (Lipinski definition) is 3. The summed E-state index contributed by atoms with van der Waals surface area (Å²) in [5, 5.41) is 3.32. The Labute approximate surface area is 135 Å². The summed E-state index contributed by atoms with van der Waals surface area (Å²) < 4.78 is 28.5. The summed E-state index contributed by atoms with van der Waals surface area (Å²) >= 11 is 3.32. The average Bonchev–Trinajstić information content (AvgIpc) is 2.31. The van der Waals surface area contributed by atoms with E-state index in [0.29, 0.717) is 10.9 Å². The highest BCUT2D eigenvalue weighted by Crippen LogP contribution is 2.21. The summed E-state index contributed by atoms with van der Waals surface area (Å²) in [5.41, 5.74) is 0.762. The molecule has 2 rings (SSSR count). The molecule has 1 heterocycles. The van der Waals surface area contributed by atoms with Gasteiger partial charge in [-0.15, -0.1) is 12.4 Å². The molecule has 0 bridgehead atoms. The molecule has 2 unspecified atom stereocenters. The second kappa shape index (κ2) is 7.22. The standard InChI is InChI=1S/C13H19BrN2O2S.ClH/c1-9-3-4-11(14)8-13(9)19(17,18)16-12-5-6-15-10(2)7-12;/h3-4,8,10,12,15-16H,5-7H2,1-2H3;1H. The van der Waals surface area contributed by atoms with Crippen molar-refractivity contribution in [2.24, 2.45) is 0 Å². The molecule has 1 aliphatic rings. The molecule has 1 aromatic rings. The Morgan fingerprint density at radius 3 is 2.75 bits per heavy atom. The number of piperidine rings is 1. The van der Waals surface area contributed by atoms with Crippen molar-refractivity contribution in [3.05, 3.63) is 28.2 Å². The summed E-state index contributed by atoms with van der Waals surface area (Å²) in [5.74, 6) is 0. The molecular weight excluding hydrogens is 364 g/mol. The summed E-state index contributed by atoms with van der Waals surface area (Å²) in [6.07, 6.45) is 1.66. The summed E-state index contributed by atoms with van der Waals surface area (Å²) in [6.45, 7) is 4.74. The zero-order valence-corrected chi connectivity index (χ0v) is 14.7. The van der Waals surface area contributed by atoms with E-state index in [1.807, 2.05) is 19.1 Å². The lowest BCUT2D eigenvalue weighted by atomic mass is 10.0. The Hall–Kier alpha value is -0.140. The number of hydrogen-bond donors (Lipinski definition) is 2. The molecule has 2 atom stereocenters. The van der Waals surface area contributed by atoms with Crippen molar-refractivity contribution in [2.75, 3.05) is 6.54 Å². The number of halogens is 2. The van der Waals surface area contributed by atoms with Crippen molar-refractivity contribution in [3.63, 3.8) is 0 Å². The normalized spacial score (nSPS) is 23.1. The molecule has 1 saturated heterocycles. The van der Waals surface area contributed by atoms with Crippen LogP contribution in [-0.4, -0.2) is 27.0 Å². The van der Waals surface area contributed by atoms with E-state index in [9.17, 15) is 8.42 Å². The Morgan fingerprint density at radius 2 is 2.10 bits per heavy atom. The van der Waals surface area contributed by atoms with Crippen LogP contribution in [0.5, 0.6) is 0 Å². The van der Waals surface area contributed by atoms with Crippen LogP contribution in [-0.2, 0) is 10.0 Å². The lowest BCUT2D eigenvalue weighted by molar-refractivity contribution is 0.361. The largest absolute Gasteiger partial charge is 0.314 e. The molecule has 1 aliphatic heterocycles. The number of sulfonamides is 1. The fourth-order valence-corrected chi connectivity index (χ4v) is 4.45. The van der Waals surface area contributed by atoms with Crippen molar-refractivity contribution in [3.8, 4) is 0 Å². The van der Waals surface area contributed by atoms with Gasteiger partial charge in [0, 0.05) is 16.6 Å². The molecule has 20 heavy (non-hydrogen) atoms. The number of nitrogens with one attached hydrogen (secondary N) is 2. The van der Waals surface area contributed by atoms with Crippen molar-refractivity contribution in [1.29, 1.82) is 0 Å². The van der Waals surface area contributed by atoms with E-state index in [0.717, 1.165) is 29.4 Å². The molecule has 7 heteroatoms. The molecule has 114 valence electrons. The predicted octanol–water partition coefficient (Wildman–Crippen LogP) is 2.60. The molecule has 0 spiro atoms. The molecule has 4 nitrogen and oxygen atoms in total. The summed E-state index contributed by atoms with van der Waals surface area (Å²) in [6, 6.07) is 5.68. The van der Waals surface area contributed by atoms with Crippen LogP contribution in [0.25, 0.3) is 0 Å². The van der Waals surface area contributed by atoms with E-state index in [4.69, 9.17) is 0 Å². The SMILES string of the molecule is Cc1ccc(Br)cc1S(=O)(=O)NC1CCNC(C)C1.Cl. The fraction of sp³-hybridized carbons (Fsp3) is 0.538. The maximum atomic E-state index is 12.4. The van der Waals surface area contributed by atoms with Gasteiger partial charge >= 0.3 is 0 Å². The second-order valence-electron chi connectivity index (χ2n) is 5.11. The van der Waals surface area contributed by atoms with Gasteiger partial charge in [-0.05, 0) is 50.9 Å². The second-order valence-corrected chi connectivity index (χ2v) is 7.71. The topological polar surface area (TPSA) is 58.2 Å². The first-order valence-corrected chi connectivity index (χ1v) is 8.68. The zero-order chi connectivity index (χ0) is 14.0. The maximum absolute atomic E-state index is 12.4. The summed E-state index contributed by atoms with van der Waals surface area (Å²) in [7, 11) is -3.44. The van der Waals surface area contributed by atoms with Gasteiger partial charge in [0.25, 0.3) is 0 Å². The van der Waals surface area contributed by atoms with Crippen LogP contribution in [0.15, 0.2) is 27.6 Å². The van der Waals surface area contributed by atoms with E-state index in [-0.39, 0.29) is 18.4 Å². The Bertz CT molecular complexity index is 565. The van der Waals surface area contributed by atoms with E-state index in [1.165, 1.54) is 0 Å². The number of rotatable bonds is 3. The average molecular weight is 384 g/mol. The Kier molecular flexibility index (Phi) is 6.47. The van der Waals surface area contributed by atoms with Gasteiger partial charge in [0.15, 0.2) is 0 Å². The van der Waals surface area contributed by atoms with Gasteiger partial charge in [-0.25, -0.2) is 13.1 Å². The zero-order valence-electron chi connectivity index (χ0n) is 11.5. The van der Waals surface area contributed by atoms with Crippen LogP contribution in [0.3, 0.4) is 0 Å². The molecule has 2 N–H and O–H groups in total. The van der Waals surface area contributed by atoms with Gasteiger partial charge in [0.2, 0.25) is 10.0 Å². The first kappa shape index (κ1) is 17.9. The quantitative estimate of drug-likeness (QED) is 0.843. The Morgan fingerprint density at radius 1 is 1.40 bits per heavy atom. The van der Waals surface area contributed by atoms with E-state index in [1.54, 1.807) is 6.07 Å². The molecule has 0 amide bonds. The highest BCUT2D eigenvalue weighted by Gasteiger charge is 2.25. The van der Waals surface area contributed by atoms with Gasteiger partial charge in [0.1, 0.15) is 0 Å². The van der Waals surface area contributed by atoms with Crippen molar-refractivity contribution in [2.45, 2.75) is 43.7 Å². The van der Waals surface area contributed by atoms with Crippen LogP contribution in [0.2, 0.25) is 0 Å². The highest BCUT2D eigenvalue weighted by atomic mass is 79.9. The van der Waals surface area contributed by atoms with E-state index < -0.39 is 10.0 Å². The first-order chi connectivity index (χ1) is 8.88. The number of benzene rings is 1. The lowest BCUT2D eigenvalue weighted by Crippen LogP contribution is -2.46. The summed E-state index contributed by atoms with van der Waals surface area (Å²) in [4.78, 5) is 0.355. The van der Waals surface area contributed by atoms with Gasteiger partial charge < -0.3 is 5.32 Å². The predicted molar refractivity (Wildman–Crippen MR) is 86.9 cm³/mol. The van der Waals surface area contributed by atoms with Crippen LogP contribution < -0.4 is 10.0 Å². The molecule has 0 aromatic heterocycles. The molecule has 0 radical (unpaired) electrons. The van der Waals surface area contributed by atoms with E-state index >= 15 is 0 Å². The highest BCUT2D eigenvalue weighted by molar-refractivity contribution is 9.10. The first-order valence-electron chi connectivity index (χ1n) is 6.40. The van der Waals surface area contributed by atoms with Gasteiger partial charge in [-0.3, -0.25) is 0 Å². The third-order valence-corrected chi connectivity index (χ3v) is 5.54. The van der Waals surface area contributed by atoms with Crippen LogP contribution in [0.1, 0.15) is 25.3 Å². The fourth-order valence-electron chi connectivity index (χ4n) is 2.39. The van der Waals surface area contributed by atoms with E-state index in [2.05, 4.69) is 32.9 Å². The molecular formula is C13H20BrClN2O2S.